The SMILES string of the molecule is N[C@H]1CC[C@@H](c2ccc(Cl)c(Cl)c2)c2ccccc21.O=S(=O)(O)c1ccccc1. The highest BCUT2D eigenvalue weighted by Crippen LogP contribution is 2.41. The molecule has 4 rings (SSSR count). The Balaban J connectivity index is 0.000000204. The molecule has 1 aliphatic rings. The average molecular weight is 450 g/mol. The molecule has 2 atom stereocenters. The molecule has 0 aromatic heterocycles. The van der Waals surface area contributed by atoms with Gasteiger partial charge in [0.25, 0.3) is 10.1 Å². The molecule has 0 fully saturated rings. The van der Waals surface area contributed by atoms with Crippen LogP contribution in [0.2, 0.25) is 10.0 Å². The maximum absolute atomic E-state index is 10.4. The maximum Gasteiger partial charge on any atom is 0.294 e. The second-order valence-electron chi connectivity index (χ2n) is 6.83. The molecule has 0 bridgehead atoms. The summed E-state index contributed by atoms with van der Waals surface area (Å²) in [5.74, 6) is 0.366. The summed E-state index contributed by atoms with van der Waals surface area (Å²) in [6.45, 7) is 0. The Morgan fingerprint density at radius 1 is 0.828 bits per heavy atom. The summed E-state index contributed by atoms with van der Waals surface area (Å²) in [7, 11) is -4.00. The second-order valence-corrected chi connectivity index (χ2v) is 9.06. The first-order chi connectivity index (χ1) is 13.8. The highest BCUT2D eigenvalue weighted by atomic mass is 35.5. The van der Waals surface area contributed by atoms with E-state index < -0.39 is 10.1 Å². The van der Waals surface area contributed by atoms with Crippen LogP contribution >= 0.6 is 23.2 Å². The maximum atomic E-state index is 10.4. The molecule has 1 aliphatic carbocycles. The Morgan fingerprint density at radius 2 is 1.45 bits per heavy atom. The summed E-state index contributed by atoms with van der Waals surface area (Å²) in [4.78, 5) is -0.0741. The standard InChI is InChI=1S/C16H15Cl2N.C6H6O3S/c17-14-7-5-10(9-15(14)18)11-6-8-16(19)13-4-2-1-3-12(11)13;7-10(8,9)6-4-2-1-3-5-6/h1-5,7,9,11,16H,6,8,19H2;1-5H,(H,7,8,9)/t11-,16-;/m0./s1. The molecule has 0 saturated carbocycles. The van der Waals surface area contributed by atoms with E-state index in [1.807, 2.05) is 12.1 Å². The summed E-state index contributed by atoms with van der Waals surface area (Å²) >= 11 is 12.1. The van der Waals surface area contributed by atoms with Crippen LogP contribution in [0.5, 0.6) is 0 Å². The Kier molecular flexibility index (Phi) is 6.98. The molecular formula is C22H21Cl2NO3S. The minimum atomic E-state index is -4.00. The smallest absolute Gasteiger partial charge is 0.294 e. The summed E-state index contributed by atoms with van der Waals surface area (Å²) < 4.78 is 29.2. The van der Waals surface area contributed by atoms with Crippen molar-refractivity contribution in [1.82, 2.24) is 0 Å². The normalized spacial score (nSPS) is 18.3. The Bertz CT molecular complexity index is 1090. The molecule has 3 N–H and O–H groups in total. The van der Waals surface area contributed by atoms with E-state index >= 15 is 0 Å². The van der Waals surface area contributed by atoms with Gasteiger partial charge in [0.2, 0.25) is 0 Å². The van der Waals surface area contributed by atoms with Crippen LogP contribution in [0.4, 0.5) is 0 Å². The summed E-state index contributed by atoms with van der Waals surface area (Å²) in [6, 6.07) is 21.9. The lowest BCUT2D eigenvalue weighted by Gasteiger charge is -2.30. The number of nitrogens with two attached hydrogens (primary N) is 1. The minimum Gasteiger partial charge on any atom is -0.324 e. The molecule has 0 heterocycles. The van der Waals surface area contributed by atoms with Crippen LogP contribution in [-0.2, 0) is 10.1 Å². The average Bonchev–Trinajstić information content (AvgIpc) is 2.71. The van der Waals surface area contributed by atoms with E-state index in [0.29, 0.717) is 16.0 Å². The van der Waals surface area contributed by atoms with Gasteiger partial charge in [0.1, 0.15) is 0 Å². The van der Waals surface area contributed by atoms with Gasteiger partial charge in [-0.1, -0.05) is 71.7 Å². The molecule has 4 nitrogen and oxygen atoms in total. The molecule has 3 aromatic rings. The van der Waals surface area contributed by atoms with E-state index in [0.717, 1.165) is 12.8 Å². The first-order valence-electron chi connectivity index (χ1n) is 9.09. The van der Waals surface area contributed by atoms with E-state index in [1.165, 1.54) is 28.8 Å². The van der Waals surface area contributed by atoms with Gasteiger partial charge in [0, 0.05) is 12.0 Å². The highest BCUT2D eigenvalue weighted by molar-refractivity contribution is 7.85. The number of rotatable bonds is 2. The number of halogens is 2. The molecule has 3 aromatic carbocycles. The van der Waals surface area contributed by atoms with Crippen molar-refractivity contribution in [3.8, 4) is 0 Å². The molecule has 0 unspecified atom stereocenters. The fourth-order valence-electron chi connectivity index (χ4n) is 3.49. The van der Waals surface area contributed by atoms with Crippen LogP contribution < -0.4 is 5.73 Å². The zero-order valence-corrected chi connectivity index (χ0v) is 17.8. The van der Waals surface area contributed by atoms with Gasteiger partial charge in [0.15, 0.2) is 0 Å². The number of hydrogen-bond acceptors (Lipinski definition) is 3. The predicted molar refractivity (Wildman–Crippen MR) is 117 cm³/mol. The quantitative estimate of drug-likeness (QED) is 0.480. The van der Waals surface area contributed by atoms with Gasteiger partial charge < -0.3 is 5.73 Å². The van der Waals surface area contributed by atoms with Crippen LogP contribution in [0, 0.1) is 0 Å². The Hall–Kier alpha value is -1.89. The molecular weight excluding hydrogens is 429 g/mol. The summed E-state index contributed by atoms with van der Waals surface area (Å²) in [5, 5.41) is 1.22. The molecule has 0 radical (unpaired) electrons. The van der Waals surface area contributed by atoms with Crippen molar-refractivity contribution >= 4 is 33.3 Å². The van der Waals surface area contributed by atoms with E-state index in [1.54, 1.807) is 18.2 Å². The summed E-state index contributed by atoms with van der Waals surface area (Å²) in [5.41, 5.74) is 9.98. The first-order valence-corrected chi connectivity index (χ1v) is 11.3. The van der Waals surface area contributed by atoms with Crippen LogP contribution in [0.15, 0.2) is 77.7 Å². The van der Waals surface area contributed by atoms with Gasteiger partial charge in [-0.25, -0.2) is 0 Å². The van der Waals surface area contributed by atoms with Crippen molar-refractivity contribution in [2.45, 2.75) is 29.7 Å². The van der Waals surface area contributed by atoms with Crippen molar-refractivity contribution in [2.75, 3.05) is 0 Å². The van der Waals surface area contributed by atoms with Crippen molar-refractivity contribution in [3.63, 3.8) is 0 Å². The molecule has 152 valence electrons. The van der Waals surface area contributed by atoms with Crippen LogP contribution in [0.1, 0.15) is 41.5 Å². The third-order valence-corrected chi connectivity index (χ3v) is 6.53. The third kappa shape index (κ3) is 5.38. The molecule has 0 saturated heterocycles. The van der Waals surface area contributed by atoms with Crippen LogP contribution in [0.25, 0.3) is 0 Å². The lowest BCUT2D eigenvalue weighted by Crippen LogP contribution is -2.20. The van der Waals surface area contributed by atoms with Gasteiger partial charge in [-0.3, -0.25) is 4.55 Å². The van der Waals surface area contributed by atoms with Crippen LogP contribution in [-0.4, -0.2) is 13.0 Å². The van der Waals surface area contributed by atoms with Crippen molar-refractivity contribution in [3.05, 3.63) is 99.5 Å². The molecule has 0 amide bonds. The second kappa shape index (κ2) is 9.28. The molecule has 29 heavy (non-hydrogen) atoms. The molecule has 0 spiro atoms. The van der Waals surface area contributed by atoms with Gasteiger partial charge in [-0.2, -0.15) is 8.42 Å². The largest absolute Gasteiger partial charge is 0.324 e. The zero-order valence-electron chi connectivity index (χ0n) is 15.5. The number of hydrogen-bond donors (Lipinski definition) is 2. The van der Waals surface area contributed by atoms with Gasteiger partial charge in [0.05, 0.1) is 14.9 Å². The monoisotopic (exact) mass is 449 g/mol. The zero-order chi connectivity index (χ0) is 21.0. The van der Waals surface area contributed by atoms with E-state index in [2.05, 4.69) is 30.3 Å². The minimum absolute atomic E-state index is 0.0741. The van der Waals surface area contributed by atoms with Gasteiger partial charge in [-0.15, -0.1) is 0 Å². The van der Waals surface area contributed by atoms with Crippen molar-refractivity contribution in [2.24, 2.45) is 5.73 Å². The number of benzene rings is 3. The molecule has 7 heteroatoms. The lowest BCUT2D eigenvalue weighted by atomic mass is 9.77. The fraction of sp³-hybridized carbons (Fsp3) is 0.182. The van der Waals surface area contributed by atoms with Crippen molar-refractivity contribution in [1.29, 1.82) is 0 Å². The molecule has 0 aliphatic heterocycles. The first kappa shape index (κ1) is 21.8. The van der Waals surface area contributed by atoms with Gasteiger partial charge >= 0.3 is 0 Å². The fourth-order valence-corrected chi connectivity index (χ4v) is 4.30. The van der Waals surface area contributed by atoms with Crippen LogP contribution in [0.3, 0.4) is 0 Å². The Morgan fingerprint density at radius 3 is 2.03 bits per heavy atom. The predicted octanol–water partition coefficient (Wildman–Crippen LogP) is 5.85. The summed E-state index contributed by atoms with van der Waals surface area (Å²) in [6.07, 6.45) is 2.05. The topological polar surface area (TPSA) is 80.4 Å². The number of fused-ring (bicyclic) bond motifs is 1. The third-order valence-electron chi connectivity index (χ3n) is 4.92. The van der Waals surface area contributed by atoms with E-state index in [4.69, 9.17) is 33.5 Å². The van der Waals surface area contributed by atoms with E-state index in [-0.39, 0.29) is 10.9 Å². The van der Waals surface area contributed by atoms with E-state index in [9.17, 15) is 8.42 Å². The lowest BCUT2D eigenvalue weighted by molar-refractivity contribution is 0.483. The highest BCUT2D eigenvalue weighted by Gasteiger charge is 2.26. The Labute approximate surface area is 181 Å². The van der Waals surface area contributed by atoms with Gasteiger partial charge in [-0.05, 0) is 53.8 Å². The van der Waals surface area contributed by atoms with Crippen molar-refractivity contribution < 1.29 is 13.0 Å².